The highest BCUT2D eigenvalue weighted by Crippen LogP contribution is 2.60. The van der Waals surface area contributed by atoms with Gasteiger partial charge in [0.15, 0.2) is 0 Å². The topological polar surface area (TPSA) is 6.48 Å². The maximum Gasteiger partial charge on any atom is 0.116 e. The predicted octanol–water partition coefficient (Wildman–Crippen LogP) is 19.0. The van der Waals surface area contributed by atoms with Crippen LogP contribution in [0, 0.1) is 0 Å². The van der Waals surface area contributed by atoms with Gasteiger partial charge in [0.2, 0.25) is 0 Å². The molecule has 10 aromatic rings. The third-order valence-electron chi connectivity index (χ3n) is 15.6. The molecule has 4 aliphatic rings. The van der Waals surface area contributed by atoms with Crippen molar-refractivity contribution in [2.24, 2.45) is 0 Å². The normalized spacial score (nSPS) is 18.1. The van der Waals surface area contributed by atoms with Crippen LogP contribution in [0.1, 0.15) is 87.2 Å². The van der Waals surface area contributed by atoms with Gasteiger partial charge in [0.05, 0.1) is 11.4 Å². The summed E-state index contributed by atoms with van der Waals surface area (Å²) < 4.78 is 0. The summed E-state index contributed by atoms with van der Waals surface area (Å²) in [6.45, 7) is 0. The fraction of sp³-hybridized carbons (Fsp3) is 0.194. The van der Waals surface area contributed by atoms with Crippen molar-refractivity contribution in [1.82, 2.24) is 0 Å². The Labute approximate surface area is 395 Å². The molecule has 2 aliphatic heterocycles. The SMILES string of the molecule is c1ccc2c(c1)c1ccccc1c1cc(N3/C(=C4\Sc5cc(C6CCCCC6)ccc5N4c4ccc5c6ccccc6c6ccccc6c5c4)Sc4cc(C5CCCCC5)ccc43)ccc21. The molecule has 10 aromatic carbocycles. The first-order valence-corrected chi connectivity index (χ1v) is 26.0. The van der Waals surface area contributed by atoms with Crippen LogP contribution in [-0.4, -0.2) is 0 Å². The second-order valence-electron chi connectivity index (χ2n) is 19.3. The summed E-state index contributed by atoms with van der Waals surface area (Å²) in [5.74, 6) is 1.27. The van der Waals surface area contributed by atoms with Crippen molar-refractivity contribution in [3.05, 3.63) is 191 Å². The average molecular weight is 887 g/mol. The Kier molecular flexibility index (Phi) is 9.29. The predicted molar refractivity (Wildman–Crippen MR) is 285 cm³/mol. The summed E-state index contributed by atoms with van der Waals surface area (Å²) >= 11 is 3.96. The van der Waals surface area contributed by atoms with E-state index in [2.05, 4.69) is 180 Å². The largest absolute Gasteiger partial charge is 0.301 e. The van der Waals surface area contributed by atoms with E-state index in [1.807, 2.05) is 23.5 Å². The summed E-state index contributed by atoms with van der Waals surface area (Å²) in [6.07, 6.45) is 13.2. The van der Waals surface area contributed by atoms with Gasteiger partial charge in [-0.2, -0.15) is 0 Å². The number of benzene rings is 10. The van der Waals surface area contributed by atoms with Crippen molar-refractivity contribution in [2.75, 3.05) is 9.80 Å². The summed E-state index contributed by atoms with van der Waals surface area (Å²) in [6, 6.07) is 65.4. The van der Waals surface area contributed by atoms with Gasteiger partial charge in [-0.05, 0) is 162 Å². The Morgan fingerprint density at radius 1 is 0.303 bits per heavy atom. The lowest BCUT2D eigenvalue weighted by molar-refractivity contribution is 0.443. The highest BCUT2D eigenvalue weighted by Gasteiger charge is 2.38. The van der Waals surface area contributed by atoms with E-state index < -0.39 is 0 Å². The summed E-state index contributed by atoms with van der Waals surface area (Å²) in [5, 5.41) is 18.2. The van der Waals surface area contributed by atoms with Crippen LogP contribution in [0.2, 0.25) is 0 Å². The van der Waals surface area contributed by atoms with E-state index in [1.165, 1.54) is 183 Å². The second kappa shape index (κ2) is 15.7. The Morgan fingerprint density at radius 3 is 0.970 bits per heavy atom. The first-order valence-electron chi connectivity index (χ1n) is 24.4. The number of hydrogen-bond acceptors (Lipinski definition) is 4. The van der Waals surface area contributed by atoms with Gasteiger partial charge in [-0.25, -0.2) is 0 Å². The standard InChI is InChI=1S/C62H50N2S2/c1-3-15-39(16-4-1)41-27-33-57-59(35-41)65-61(63(57)43-29-31-53-49-23-9-7-19-45(49)47-21-11-13-25-51(47)55(53)37-43)62-64(58-34-28-42(36-60(58)66-62)40-17-5-2-6-18-40)44-30-32-54-50-24-10-8-20-46(50)48-22-12-14-26-52(48)56(54)38-44/h7-14,19-40H,1-6,15-18H2/b62-61+. The lowest BCUT2D eigenvalue weighted by atomic mass is 9.84. The summed E-state index contributed by atoms with van der Waals surface area (Å²) in [7, 11) is 0. The molecule has 320 valence electrons. The van der Waals surface area contributed by atoms with Crippen LogP contribution in [0.3, 0.4) is 0 Å². The van der Waals surface area contributed by atoms with Crippen LogP contribution < -0.4 is 9.80 Å². The highest BCUT2D eigenvalue weighted by atomic mass is 32.2. The molecule has 0 amide bonds. The fourth-order valence-corrected chi connectivity index (χ4v) is 14.9. The molecule has 2 heterocycles. The van der Waals surface area contributed by atoms with Gasteiger partial charge in [0, 0.05) is 21.2 Å². The molecule has 0 aromatic heterocycles. The lowest BCUT2D eigenvalue weighted by Gasteiger charge is -2.28. The van der Waals surface area contributed by atoms with E-state index >= 15 is 0 Å². The van der Waals surface area contributed by atoms with Crippen molar-refractivity contribution in [1.29, 1.82) is 0 Å². The zero-order chi connectivity index (χ0) is 43.3. The molecule has 4 heteroatoms. The fourth-order valence-electron chi connectivity index (χ4n) is 12.4. The van der Waals surface area contributed by atoms with Crippen molar-refractivity contribution in [3.8, 4) is 0 Å². The van der Waals surface area contributed by atoms with Gasteiger partial charge in [0.1, 0.15) is 10.1 Å². The van der Waals surface area contributed by atoms with E-state index in [9.17, 15) is 0 Å². The maximum atomic E-state index is 2.61. The van der Waals surface area contributed by atoms with Crippen molar-refractivity contribution >= 4 is 111 Å². The van der Waals surface area contributed by atoms with E-state index in [0.717, 1.165) is 0 Å². The van der Waals surface area contributed by atoms with Crippen LogP contribution in [0.4, 0.5) is 22.7 Å². The molecule has 0 radical (unpaired) electrons. The first-order chi connectivity index (χ1) is 32.7. The molecule has 2 aliphatic carbocycles. The molecule has 0 saturated heterocycles. The van der Waals surface area contributed by atoms with Gasteiger partial charge in [-0.1, -0.05) is 183 Å². The minimum Gasteiger partial charge on any atom is -0.301 e. The van der Waals surface area contributed by atoms with E-state index in [-0.39, 0.29) is 0 Å². The van der Waals surface area contributed by atoms with Crippen LogP contribution >= 0.6 is 23.5 Å². The second-order valence-corrected chi connectivity index (χ2v) is 21.3. The molecule has 2 fully saturated rings. The molecule has 2 saturated carbocycles. The number of thioether (sulfide) groups is 2. The lowest BCUT2D eigenvalue weighted by Crippen LogP contribution is -2.18. The number of rotatable bonds is 4. The van der Waals surface area contributed by atoms with Crippen molar-refractivity contribution < 1.29 is 0 Å². The molecular weight excluding hydrogens is 837 g/mol. The molecule has 2 nitrogen and oxygen atoms in total. The van der Waals surface area contributed by atoms with Gasteiger partial charge >= 0.3 is 0 Å². The number of hydrogen-bond donors (Lipinski definition) is 0. The third-order valence-corrected chi connectivity index (χ3v) is 17.9. The third kappa shape index (κ3) is 6.17. The Hall–Kier alpha value is -6.20. The number of anilines is 4. The quantitative estimate of drug-likeness (QED) is 0.162. The Bertz CT molecular complexity index is 3340. The molecule has 0 bridgehead atoms. The summed E-state index contributed by atoms with van der Waals surface area (Å²) in [4.78, 5) is 7.95. The Morgan fingerprint density at radius 2 is 0.621 bits per heavy atom. The molecule has 0 unspecified atom stereocenters. The van der Waals surface area contributed by atoms with E-state index in [4.69, 9.17) is 0 Å². The van der Waals surface area contributed by atoms with Crippen molar-refractivity contribution in [3.63, 3.8) is 0 Å². The van der Waals surface area contributed by atoms with Gasteiger partial charge in [-0.15, -0.1) is 0 Å². The number of fused-ring (bicyclic) bond motifs is 14. The van der Waals surface area contributed by atoms with Crippen LogP contribution in [0.25, 0.3) is 64.6 Å². The minimum absolute atomic E-state index is 0.637. The molecule has 0 spiro atoms. The van der Waals surface area contributed by atoms with Gasteiger partial charge < -0.3 is 9.80 Å². The smallest absolute Gasteiger partial charge is 0.116 e. The number of nitrogens with zero attached hydrogens (tertiary/aromatic N) is 2. The van der Waals surface area contributed by atoms with Crippen molar-refractivity contribution in [2.45, 2.75) is 85.8 Å². The Balaban J connectivity index is 1.01. The van der Waals surface area contributed by atoms with Crippen LogP contribution in [0.15, 0.2) is 190 Å². The zero-order valence-electron chi connectivity index (χ0n) is 37.1. The van der Waals surface area contributed by atoms with Gasteiger partial charge in [0.25, 0.3) is 0 Å². The van der Waals surface area contributed by atoms with Crippen LogP contribution in [-0.2, 0) is 0 Å². The molecule has 66 heavy (non-hydrogen) atoms. The highest BCUT2D eigenvalue weighted by molar-refractivity contribution is 8.07. The van der Waals surface area contributed by atoms with E-state index in [1.54, 1.807) is 0 Å². The molecular formula is C62H50N2S2. The molecule has 0 atom stereocenters. The monoisotopic (exact) mass is 886 g/mol. The minimum atomic E-state index is 0.637. The molecule has 14 rings (SSSR count). The van der Waals surface area contributed by atoms with Crippen LogP contribution in [0.5, 0.6) is 0 Å². The first kappa shape index (κ1) is 39.0. The van der Waals surface area contributed by atoms with Gasteiger partial charge in [-0.3, -0.25) is 0 Å². The average Bonchev–Trinajstić information content (AvgIpc) is 3.97. The summed E-state index contributed by atoms with van der Waals surface area (Å²) in [5.41, 5.74) is 7.99. The maximum absolute atomic E-state index is 2.61. The zero-order valence-corrected chi connectivity index (χ0v) is 38.7. The molecule has 0 N–H and O–H groups in total. The van der Waals surface area contributed by atoms with E-state index in [0.29, 0.717) is 11.8 Å².